The maximum absolute atomic E-state index is 9.15. The Morgan fingerprint density at radius 1 is 1.12 bits per heavy atom. The van der Waals surface area contributed by atoms with Gasteiger partial charge < -0.3 is 10.1 Å². The summed E-state index contributed by atoms with van der Waals surface area (Å²) in [5, 5.41) is 14.5. The molecule has 5 heteroatoms. The van der Waals surface area contributed by atoms with Crippen LogP contribution in [-0.4, -0.2) is 31.6 Å². The van der Waals surface area contributed by atoms with Gasteiger partial charge in [0.15, 0.2) is 0 Å². The van der Waals surface area contributed by atoms with Crippen LogP contribution in [0.4, 0.5) is 0 Å². The number of nitriles is 1. The third kappa shape index (κ3) is 6.68. The molecule has 0 radical (unpaired) electrons. The molecule has 1 N–H and O–H groups in total. The van der Waals surface area contributed by atoms with Gasteiger partial charge in [0.25, 0.3) is 0 Å². The van der Waals surface area contributed by atoms with Crippen molar-refractivity contribution < 1.29 is 4.74 Å². The second kappa shape index (κ2) is 12.0. The predicted molar refractivity (Wildman–Crippen MR) is 136 cm³/mol. The minimum atomic E-state index is 0.0773. The van der Waals surface area contributed by atoms with E-state index >= 15 is 0 Å². The van der Waals surface area contributed by atoms with Crippen molar-refractivity contribution in [3.05, 3.63) is 87.6 Å². The molecule has 0 saturated carbocycles. The van der Waals surface area contributed by atoms with Gasteiger partial charge in [0.05, 0.1) is 11.6 Å². The molecule has 33 heavy (non-hydrogen) atoms. The van der Waals surface area contributed by atoms with E-state index in [1.165, 1.54) is 28.8 Å². The van der Waals surface area contributed by atoms with Crippen LogP contribution >= 0.6 is 11.3 Å². The Kier molecular flexibility index (Phi) is 8.54. The molecule has 1 unspecified atom stereocenters. The minimum Gasteiger partial charge on any atom is -0.485 e. The second-order valence-electron chi connectivity index (χ2n) is 8.86. The van der Waals surface area contributed by atoms with Crippen LogP contribution in [-0.2, 0) is 13.0 Å². The lowest BCUT2D eigenvalue weighted by Crippen LogP contribution is -2.34. The Morgan fingerprint density at radius 2 is 1.97 bits per heavy atom. The van der Waals surface area contributed by atoms with Crippen LogP contribution < -0.4 is 10.1 Å². The van der Waals surface area contributed by atoms with Crippen LogP contribution in [0.5, 0.6) is 5.75 Å². The van der Waals surface area contributed by atoms with Gasteiger partial charge in [-0.15, -0.1) is 11.3 Å². The lowest BCUT2D eigenvalue weighted by atomic mass is 9.89. The molecule has 4 nitrogen and oxygen atoms in total. The summed E-state index contributed by atoms with van der Waals surface area (Å²) in [7, 11) is 1.99. The fourth-order valence-electron chi connectivity index (χ4n) is 4.60. The van der Waals surface area contributed by atoms with Crippen molar-refractivity contribution in [2.45, 2.75) is 38.3 Å². The number of benzene rings is 2. The third-order valence-corrected chi connectivity index (χ3v) is 7.40. The van der Waals surface area contributed by atoms with Gasteiger partial charge in [-0.25, -0.2) is 0 Å². The topological polar surface area (TPSA) is 48.3 Å². The van der Waals surface area contributed by atoms with Crippen molar-refractivity contribution in [1.29, 1.82) is 5.26 Å². The van der Waals surface area contributed by atoms with E-state index in [0.717, 1.165) is 50.3 Å². The highest BCUT2D eigenvalue weighted by Crippen LogP contribution is 2.31. The molecule has 1 saturated heterocycles. The largest absolute Gasteiger partial charge is 0.485 e. The van der Waals surface area contributed by atoms with E-state index in [1.54, 1.807) is 11.3 Å². The van der Waals surface area contributed by atoms with E-state index in [1.807, 2.05) is 25.2 Å². The summed E-state index contributed by atoms with van der Waals surface area (Å²) >= 11 is 1.76. The fourth-order valence-corrected chi connectivity index (χ4v) is 5.39. The zero-order valence-electron chi connectivity index (χ0n) is 19.4. The Balaban J connectivity index is 1.35. The van der Waals surface area contributed by atoms with E-state index in [4.69, 9.17) is 10.00 Å². The van der Waals surface area contributed by atoms with Crippen LogP contribution in [0.2, 0.25) is 0 Å². The molecule has 4 rings (SSSR count). The monoisotopic (exact) mass is 459 g/mol. The Bertz CT molecular complexity index is 1040. The van der Waals surface area contributed by atoms with E-state index in [-0.39, 0.29) is 6.10 Å². The smallest absolute Gasteiger partial charge is 0.134 e. The fraction of sp³-hybridized carbons (Fsp3) is 0.393. The van der Waals surface area contributed by atoms with Crippen LogP contribution in [0.15, 0.2) is 66.0 Å². The third-order valence-electron chi connectivity index (χ3n) is 6.44. The van der Waals surface area contributed by atoms with Gasteiger partial charge in [-0.2, -0.15) is 5.26 Å². The van der Waals surface area contributed by atoms with Gasteiger partial charge in [0.1, 0.15) is 11.9 Å². The summed E-state index contributed by atoms with van der Waals surface area (Å²) in [6.45, 7) is 4.06. The van der Waals surface area contributed by atoms with Crippen molar-refractivity contribution in [3.63, 3.8) is 0 Å². The molecule has 0 amide bonds. The summed E-state index contributed by atoms with van der Waals surface area (Å²) in [5.41, 5.74) is 3.31. The van der Waals surface area contributed by atoms with Gasteiger partial charge >= 0.3 is 0 Å². The lowest BCUT2D eigenvalue weighted by molar-refractivity contribution is 0.166. The predicted octanol–water partition coefficient (Wildman–Crippen LogP) is 5.80. The van der Waals surface area contributed by atoms with E-state index in [2.05, 4.69) is 64.1 Å². The van der Waals surface area contributed by atoms with Gasteiger partial charge in [0, 0.05) is 23.4 Å². The number of nitrogens with zero attached hydrogens (tertiary/aromatic N) is 2. The highest BCUT2D eigenvalue weighted by Gasteiger charge is 2.22. The Morgan fingerprint density at radius 3 is 2.73 bits per heavy atom. The van der Waals surface area contributed by atoms with Crippen molar-refractivity contribution in [2.24, 2.45) is 5.92 Å². The molecule has 2 heterocycles. The lowest BCUT2D eigenvalue weighted by Gasteiger charge is -2.32. The van der Waals surface area contributed by atoms with Gasteiger partial charge in [-0.05, 0) is 87.1 Å². The average molecular weight is 460 g/mol. The molecule has 0 bridgehead atoms. The molecule has 0 aliphatic carbocycles. The number of rotatable bonds is 10. The zero-order valence-corrected chi connectivity index (χ0v) is 20.2. The molecule has 0 spiro atoms. The van der Waals surface area contributed by atoms with Crippen LogP contribution in [0.25, 0.3) is 0 Å². The summed E-state index contributed by atoms with van der Waals surface area (Å²) in [6.07, 6.45) is 4.48. The molecule has 1 atom stereocenters. The standard InChI is InChI=1S/C28H33N3OS/c1-30-14-11-27(28-10-5-17-33-28)32-26-9-3-2-8-25(26)21-31-15-12-22(13-16-31)18-23-6-4-7-24(19-23)20-29/h2-10,17,19,22,27,30H,11-16,18,21H2,1H3. The highest BCUT2D eigenvalue weighted by atomic mass is 32.1. The van der Waals surface area contributed by atoms with Crippen molar-refractivity contribution in [3.8, 4) is 11.8 Å². The van der Waals surface area contributed by atoms with Crippen molar-refractivity contribution in [1.82, 2.24) is 10.2 Å². The van der Waals surface area contributed by atoms with E-state index < -0.39 is 0 Å². The maximum Gasteiger partial charge on any atom is 0.134 e. The van der Waals surface area contributed by atoms with Gasteiger partial charge in [-0.1, -0.05) is 36.4 Å². The first kappa shape index (κ1) is 23.5. The number of para-hydroxylation sites is 1. The first-order valence-corrected chi connectivity index (χ1v) is 12.8. The van der Waals surface area contributed by atoms with Gasteiger partial charge in [0.2, 0.25) is 0 Å². The molecule has 2 aromatic carbocycles. The number of likely N-dealkylation sites (tertiary alicyclic amines) is 1. The molecule has 3 aromatic rings. The Hall–Kier alpha value is -2.65. The molecule has 172 valence electrons. The van der Waals surface area contributed by atoms with E-state index in [9.17, 15) is 0 Å². The quantitative estimate of drug-likeness (QED) is 0.416. The number of nitrogens with one attached hydrogen (secondary N) is 1. The summed E-state index contributed by atoms with van der Waals surface area (Å²) < 4.78 is 6.57. The van der Waals surface area contributed by atoms with Crippen LogP contribution in [0, 0.1) is 17.2 Å². The molecule has 1 aromatic heterocycles. The number of piperidine rings is 1. The summed E-state index contributed by atoms with van der Waals surface area (Å²) in [5.74, 6) is 1.69. The minimum absolute atomic E-state index is 0.0773. The van der Waals surface area contributed by atoms with Crippen molar-refractivity contribution in [2.75, 3.05) is 26.7 Å². The summed E-state index contributed by atoms with van der Waals surface area (Å²) in [4.78, 5) is 3.83. The molecular formula is C28H33N3OS. The number of hydrogen-bond donors (Lipinski definition) is 1. The Labute approximate surface area is 201 Å². The highest BCUT2D eigenvalue weighted by molar-refractivity contribution is 7.10. The molecule has 1 fully saturated rings. The molecule has 1 aliphatic rings. The number of hydrogen-bond acceptors (Lipinski definition) is 5. The van der Waals surface area contributed by atoms with Gasteiger partial charge in [-0.3, -0.25) is 4.90 Å². The number of ether oxygens (including phenoxy) is 1. The van der Waals surface area contributed by atoms with E-state index in [0.29, 0.717) is 5.92 Å². The zero-order chi connectivity index (χ0) is 22.9. The first-order chi connectivity index (χ1) is 16.2. The maximum atomic E-state index is 9.15. The molecule has 1 aliphatic heterocycles. The average Bonchev–Trinajstić information content (AvgIpc) is 3.39. The van der Waals surface area contributed by atoms with Crippen LogP contribution in [0.3, 0.4) is 0 Å². The van der Waals surface area contributed by atoms with Crippen LogP contribution in [0.1, 0.15) is 46.9 Å². The normalized spacial score (nSPS) is 15.8. The molecular weight excluding hydrogens is 426 g/mol. The number of thiophene rings is 1. The second-order valence-corrected chi connectivity index (χ2v) is 9.84. The summed E-state index contributed by atoms with van der Waals surface area (Å²) in [6, 6.07) is 23.1. The SMILES string of the molecule is CNCCC(Oc1ccccc1CN1CCC(Cc2cccc(C#N)c2)CC1)c1cccs1. The van der Waals surface area contributed by atoms with Crippen molar-refractivity contribution >= 4 is 11.3 Å². The first-order valence-electron chi connectivity index (χ1n) is 11.9.